The molecule has 0 unspecified atom stereocenters. The maximum atomic E-state index is 2.52. The molecular weight excluding hydrogens is 318 g/mol. The molecule has 0 spiro atoms. The van der Waals surface area contributed by atoms with Crippen molar-refractivity contribution in [3.05, 3.63) is 0 Å². The van der Waals surface area contributed by atoms with Gasteiger partial charge in [-0.05, 0) is 0 Å². The fraction of sp³-hybridized carbons (Fsp3) is 1.00. The Morgan fingerprint density at radius 3 is 1.17 bits per heavy atom. The van der Waals surface area contributed by atoms with Crippen molar-refractivity contribution in [1.82, 2.24) is 0 Å². The lowest BCUT2D eigenvalue weighted by molar-refractivity contribution is 1.90. The van der Waals surface area contributed by atoms with Crippen LogP contribution in [-0.2, 0) is 0 Å². The lowest BCUT2D eigenvalue weighted by Gasteiger charge is -1.98. The summed E-state index contributed by atoms with van der Waals surface area (Å²) >= 11 is 2.52. The van der Waals surface area contributed by atoms with Gasteiger partial charge < -0.3 is 0 Å². The summed E-state index contributed by atoms with van der Waals surface area (Å²) in [6, 6.07) is 0. The quantitative estimate of drug-likeness (QED) is 0.364. The molecule has 0 saturated carbocycles. The SMILES string of the molecule is C[Si](C)(C)I.I. The highest BCUT2D eigenvalue weighted by molar-refractivity contribution is 14.1. The zero-order chi connectivity index (χ0) is 4.50. The van der Waals surface area contributed by atoms with Crippen LogP contribution >= 0.6 is 45.8 Å². The Bertz CT molecular complexity index is 24.3. The van der Waals surface area contributed by atoms with E-state index >= 15 is 0 Å². The Hall–Kier alpha value is 1.68. The second kappa shape index (κ2) is 3.65. The lowest BCUT2D eigenvalue weighted by atomic mass is 11.8. The molecule has 40 valence electrons. The number of rotatable bonds is 0. The van der Waals surface area contributed by atoms with E-state index in [2.05, 4.69) is 41.4 Å². The van der Waals surface area contributed by atoms with Crippen LogP contribution in [-0.4, -0.2) is 5.57 Å². The first kappa shape index (κ1) is 10.6. The van der Waals surface area contributed by atoms with Gasteiger partial charge in [-0.15, -0.1) is 45.8 Å². The Balaban J connectivity index is 0. The predicted octanol–water partition coefficient (Wildman–Crippen LogP) is 2.87. The van der Waals surface area contributed by atoms with E-state index in [0.29, 0.717) is 0 Å². The Morgan fingerprint density at radius 1 is 1.17 bits per heavy atom. The largest absolute Gasteiger partial charge is 0.120 e. The maximum absolute atomic E-state index is 2.52. The summed E-state index contributed by atoms with van der Waals surface area (Å²) in [7, 11) is 0. The first-order valence-electron chi connectivity index (χ1n) is 1.69. The average molecular weight is 328 g/mol. The van der Waals surface area contributed by atoms with Gasteiger partial charge in [0.05, 0.1) is 0 Å². The fourth-order valence-electron chi connectivity index (χ4n) is 0. The zero-order valence-electron chi connectivity index (χ0n) is 4.29. The van der Waals surface area contributed by atoms with Crippen LogP contribution in [0.4, 0.5) is 0 Å². The van der Waals surface area contributed by atoms with Crippen molar-refractivity contribution in [1.29, 1.82) is 0 Å². The highest BCUT2D eigenvalue weighted by atomic mass is 127. The molecule has 0 aromatic rings. The van der Waals surface area contributed by atoms with Gasteiger partial charge in [-0.1, -0.05) is 19.6 Å². The van der Waals surface area contributed by atoms with Gasteiger partial charge in [0, 0.05) is 0 Å². The maximum Gasteiger partial charge on any atom is 0.116 e. The normalized spacial score (nSPS) is 10.0. The lowest BCUT2D eigenvalue weighted by Crippen LogP contribution is -2.05. The standard InChI is InChI=1S/C3H9ISi.HI/c1-5(2,3)4;/h1-3H3;1H. The summed E-state index contributed by atoms with van der Waals surface area (Å²) in [5, 5.41) is 0. The molecule has 0 bridgehead atoms. The molecule has 0 saturated heterocycles. The van der Waals surface area contributed by atoms with Crippen LogP contribution in [0, 0.1) is 0 Å². The molecule has 6 heavy (non-hydrogen) atoms. The molecular formula is C3H10I2Si. The Kier molecular flexibility index (Phi) is 6.46. The third-order valence-corrected chi connectivity index (χ3v) is 0. The van der Waals surface area contributed by atoms with Gasteiger partial charge >= 0.3 is 0 Å². The number of hydrogen-bond acceptors (Lipinski definition) is 0. The molecule has 0 N–H and O–H groups in total. The summed E-state index contributed by atoms with van der Waals surface area (Å²) in [5.74, 6) is 0. The fourth-order valence-corrected chi connectivity index (χ4v) is 0. The minimum absolute atomic E-state index is 0. The van der Waals surface area contributed by atoms with E-state index in [9.17, 15) is 0 Å². The van der Waals surface area contributed by atoms with Crippen LogP contribution in [0.2, 0.25) is 19.6 Å². The van der Waals surface area contributed by atoms with Crippen LogP contribution in [0.3, 0.4) is 0 Å². The third-order valence-electron chi connectivity index (χ3n) is 0. The highest BCUT2D eigenvalue weighted by Crippen LogP contribution is 2.08. The van der Waals surface area contributed by atoms with Crippen LogP contribution < -0.4 is 0 Å². The minimum Gasteiger partial charge on any atom is -0.120 e. The van der Waals surface area contributed by atoms with Crippen LogP contribution in [0.15, 0.2) is 0 Å². The molecule has 0 amide bonds. The molecule has 0 aliphatic heterocycles. The monoisotopic (exact) mass is 328 g/mol. The molecule has 0 aromatic heterocycles. The molecule has 3 heteroatoms. The van der Waals surface area contributed by atoms with Crippen molar-refractivity contribution in [2.45, 2.75) is 19.6 Å². The van der Waals surface area contributed by atoms with Crippen molar-refractivity contribution < 1.29 is 0 Å². The van der Waals surface area contributed by atoms with Crippen molar-refractivity contribution in [3.8, 4) is 0 Å². The van der Waals surface area contributed by atoms with E-state index in [0.717, 1.165) is 0 Å². The summed E-state index contributed by atoms with van der Waals surface area (Å²) < 4.78 is 0. The first-order chi connectivity index (χ1) is 2.00. The smallest absolute Gasteiger partial charge is 0.116 e. The van der Waals surface area contributed by atoms with Crippen LogP contribution in [0.5, 0.6) is 0 Å². The van der Waals surface area contributed by atoms with E-state index in [-0.39, 0.29) is 24.0 Å². The molecule has 0 aliphatic carbocycles. The van der Waals surface area contributed by atoms with Crippen molar-refractivity contribution >= 4 is 51.3 Å². The van der Waals surface area contributed by atoms with E-state index in [1.54, 1.807) is 0 Å². The second-order valence-electron chi connectivity index (χ2n) is 2.07. The molecule has 0 nitrogen and oxygen atoms in total. The summed E-state index contributed by atoms with van der Waals surface area (Å²) in [6.07, 6.45) is 0. The van der Waals surface area contributed by atoms with E-state index in [1.165, 1.54) is 0 Å². The van der Waals surface area contributed by atoms with Gasteiger partial charge in [-0.25, -0.2) is 0 Å². The van der Waals surface area contributed by atoms with E-state index < -0.39 is 5.57 Å². The molecule has 0 aromatic carbocycles. The molecule has 0 heterocycles. The van der Waals surface area contributed by atoms with Gasteiger partial charge in [0.2, 0.25) is 0 Å². The Labute approximate surface area is 70.3 Å². The Morgan fingerprint density at radius 2 is 1.17 bits per heavy atom. The van der Waals surface area contributed by atoms with Crippen molar-refractivity contribution in [3.63, 3.8) is 0 Å². The van der Waals surface area contributed by atoms with Crippen molar-refractivity contribution in [2.24, 2.45) is 0 Å². The zero-order valence-corrected chi connectivity index (χ0v) is 9.77. The van der Waals surface area contributed by atoms with E-state index in [4.69, 9.17) is 0 Å². The minimum atomic E-state index is -0.641. The van der Waals surface area contributed by atoms with Gasteiger partial charge in [-0.2, -0.15) is 0 Å². The third kappa shape index (κ3) is 44.2. The predicted molar refractivity (Wildman–Crippen MR) is 52.8 cm³/mol. The van der Waals surface area contributed by atoms with Gasteiger partial charge in [0.25, 0.3) is 0 Å². The summed E-state index contributed by atoms with van der Waals surface area (Å²) in [5.41, 5.74) is -0.641. The molecule has 0 aliphatic rings. The molecule has 0 rings (SSSR count). The average Bonchev–Trinajstić information content (AvgIpc) is 0.722. The molecule has 0 fully saturated rings. The van der Waals surface area contributed by atoms with Crippen LogP contribution in [0.25, 0.3) is 0 Å². The molecule has 0 atom stereocenters. The van der Waals surface area contributed by atoms with Gasteiger partial charge in [-0.3, -0.25) is 0 Å². The van der Waals surface area contributed by atoms with Crippen LogP contribution in [0.1, 0.15) is 0 Å². The molecule has 0 radical (unpaired) electrons. The summed E-state index contributed by atoms with van der Waals surface area (Å²) in [4.78, 5) is 0. The highest BCUT2D eigenvalue weighted by Gasteiger charge is 2.02. The number of hydrogen-bond donors (Lipinski definition) is 0. The van der Waals surface area contributed by atoms with Gasteiger partial charge in [0.1, 0.15) is 5.57 Å². The first-order valence-corrected chi connectivity index (χ1v) is 8.30. The van der Waals surface area contributed by atoms with Gasteiger partial charge in [0.15, 0.2) is 0 Å². The summed E-state index contributed by atoms with van der Waals surface area (Å²) in [6.45, 7) is 6.94. The second-order valence-corrected chi connectivity index (χ2v) is 15.9. The topological polar surface area (TPSA) is 0 Å². The van der Waals surface area contributed by atoms with Crippen molar-refractivity contribution in [2.75, 3.05) is 0 Å². The van der Waals surface area contributed by atoms with E-state index in [1.807, 2.05) is 0 Å². The number of halogens is 2.